The van der Waals surface area contributed by atoms with E-state index in [9.17, 15) is 13.2 Å². The van der Waals surface area contributed by atoms with E-state index in [0.717, 1.165) is 17.5 Å². The zero-order valence-corrected chi connectivity index (χ0v) is 8.80. The predicted molar refractivity (Wildman–Crippen MR) is 56.1 cm³/mol. The Labute approximate surface area is 92.5 Å². The summed E-state index contributed by atoms with van der Waals surface area (Å²) in [4.78, 5) is 0. The van der Waals surface area contributed by atoms with E-state index < -0.39 is 18.0 Å². The van der Waals surface area contributed by atoms with Crippen LogP contribution in [-0.4, -0.2) is 12.7 Å². The molecular formula is C12H14F3N. The molecule has 2 rings (SSSR count). The Kier molecular flexibility index (Phi) is 2.93. The number of halogens is 3. The molecule has 1 aromatic carbocycles. The van der Waals surface area contributed by atoms with Crippen LogP contribution in [0.5, 0.6) is 0 Å². The third kappa shape index (κ3) is 1.94. The molecule has 0 amide bonds. The van der Waals surface area contributed by atoms with Crippen LogP contribution >= 0.6 is 0 Å². The normalized spacial score (nSPS) is 21.9. The van der Waals surface area contributed by atoms with E-state index in [2.05, 4.69) is 0 Å². The van der Waals surface area contributed by atoms with Gasteiger partial charge in [-0.2, -0.15) is 13.2 Å². The summed E-state index contributed by atoms with van der Waals surface area (Å²) in [6.45, 7) is -0.331. The van der Waals surface area contributed by atoms with Gasteiger partial charge in [0.25, 0.3) is 0 Å². The molecule has 2 atom stereocenters. The number of alkyl halides is 3. The molecule has 4 heteroatoms. The van der Waals surface area contributed by atoms with E-state index in [1.54, 1.807) is 12.1 Å². The summed E-state index contributed by atoms with van der Waals surface area (Å²) in [5.41, 5.74) is 7.14. The highest BCUT2D eigenvalue weighted by Crippen LogP contribution is 2.44. The highest BCUT2D eigenvalue weighted by molar-refractivity contribution is 5.35. The van der Waals surface area contributed by atoms with Gasteiger partial charge in [0.1, 0.15) is 0 Å². The van der Waals surface area contributed by atoms with Gasteiger partial charge >= 0.3 is 6.18 Å². The molecule has 1 aromatic rings. The van der Waals surface area contributed by atoms with Crippen LogP contribution in [0.15, 0.2) is 24.3 Å². The standard InChI is InChI=1S/C12H14F3N/c13-12(14,15)11(7-16)10-6-5-8-3-1-2-4-9(8)10/h1-4,10-11H,5-7,16H2. The first-order valence-electron chi connectivity index (χ1n) is 5.38. The maximum atomic E-state index is 12.8. The molecule has 0 fully saturated rings. The average Bonchev–Trinajstić information content (AvgIpc) is 2.61. The number of rotatable bonds is 2. The SMILES string of the molecule is NCC(C1CCc2ccccc21)C(F)(F)F. The van der Waals surface area contributed by atoms with Crippen molar-refractivity contribution in [1.82, 2.24) is 0 Å². The zero-order valence-electron chi connectivity index (χ0n) is 8.80. The van der Waals surface area contributed by atoms with E-state index in [-0.39, 0.29) is 6.54 Å². The molecule has 0 heterocycles. The fourth-order valence-electron chi connectivity index (χ4n) is 2.53. The highest BCUT2D eigenvalue weighted by atomic mass is 19.4. The van der Waals surface area contributed by atoms with E-state index >= 15 is 0 Å². The topological polar surface area (TPSA) is 26.0 Å². The molecule has 88 valence electrons. The van der Waals surface area contributed by atoms with E-state index in [0.29, 0.717) is 6.42 Å². The average molecular weight is 229 g/mol. The van der Waals surface area contributed by atoms with Gasteiger partial charge in [-0.1, -0.05) is 24.3 Å². The molecule has 0 aliphatic heterocycles. The lowest BCUT2D eigenvalue weighted by Gasteiger charge is -2.25. The molecule has 0 bridgehead atoms. The van der Waals surface area contributed by atoms with Crippen LogP contribution in [0.3, 0.4) is 0 Å². The van der Waals surface area contributed by atoms with Gasteiger partial charge in [0.2, 0.25) is 0 Å². The van der Waals surface area contributed by atoms with Crippen molar-refractivity contribution >= 4 is 0 Å². The molecule has 0 aromatic heterocycles. The van der Waals surface area contributed by atoms with Gasteiger partial charge in [-0.25, -0.2) is 0 Å². The Hall–Kier alpha value is -1.03. The second kappa shape index (κ2) is 4.09. The largest absolute Gasteiger partial charge is 0.393 e. The van der Waals surface area contributed by atoms with Gasteiger partial charge in [-0.05, 0) is 29.9 Å². The summed E-state index contributed by atoms with van der Waals surface area (Å²) >= 11 is 0. The number of benzene rings is 1. The zero-order chi connectivity index (χ0) is 11.8. The Morgan fingerprint density at radius 1 is 1.31 bits per heavy atom. The van der Waals surface area contributed by atoms with Gasteiger partial charge < -0.3 is 5.73 Å². The molecule has 1 nitrogen and oxygen atoms in total. The molecule has 0 spiro atoms. The van der Waals surface area contributed by atoms with Crippen molar-refractivity contribution in [2.75, 3.05) is 6.54 Å². The minimum absolute atomic E-state index is 0.331. The van der Waals surface area contributed by atoms with Crippen LogP contribution < -0.4 is 5.73 Å². The van der Waals surface area contributed by atoms with Crippen LogP contribution in [0, 0.1) is 5.92 Å². The first-order valence-corrected chi connectivity index (χ1v) is 5.38. The fourth-order valence-corrected chi connectivity index (χ4v) is 2.53. The first kappa shape index (κ1) is 11.5. The molecule has 16 heavy (non-hydrogen) atoms. The second-order valence-corrected chi connectivity index (χ2v) is 4.23. The predicted octanol–water partition coefficient (Wildman–Crippen LogP) is 2.85. The van der Waals surface area contributed by atoms with Gasteiger partial charge in [-0.3, -0.25) is 0 Å². The molecule has 0 saturated heterocycles. The van der Waals surface area contributed by atoms with E-state index in [1.165, 1.54) is 0 Å². The summed E-state index contributed by atoms with van der Waals surface area (Å²) < 4.78 is 38.4. The minimum Gasteiger partial charge on any atom is -0.330 e. The third-order valence-corrected chi connectivity index (χ3v) is 3.34. The Morgan fingerprint density at radius 2 is 2.00 bits per heavy atom. The van der Waals surface area contributed by atoms with E-state index in [1.807, 2.05) is 12.1 Å². The van der Waals surface area contributed by atoms with Crippen molar-refractivity contribution in [1.29, 1.82) is 0 Å². The van der Waals surface area contributed by atoms with Crippen molar-refractivity contribution in [3.05, 3.63) is 35.4 Å². The maximum Gasteiger partial charge on any atom is 0.393 e. The highest BCUT2D eigenvalue weighted by Gasteiger charge is 2.45. The summed E-state index contributed by atoms with van der Waals surface area (Å²) in [7, 11) is 0. The van der Waals surface area contributed by atoms with Crippen molar-refractivity contribution < 1.29 is 13.2 Å². The first-order chi connectivity index (χ1) is 7.54. The quantitative estimate of drug-likeness (QED) is 0.829. The van der Waals surface area contributed by atoms with E-state index in [4.69, 9.17) is 5.73 Å². The maximum absolute atomic E-state index is 12.8. The fraction of sp³-hybridized carbons (Fsp3) is 0.500. The molecule has 1 aliphatic rings. The van der Waals surface area contributed by atoms with Crippen molar-refractivity contribution in [2.24, 2.45) is 11.7 Å². The smallest absolute Gasteiger partial charge is 0.330 e. The lowest BCUT2D eigenvalue weighted by molar-refractivity contribution is -0.177. The van der Waals surface area contributed by atoms with Crippen molar-refractivity contribution in [3.8, 4) is 0 Å². The summed E-state index contributed by atoms with van der Waals surface area (Å²) in [5, 5.41) is 0. The molecule has 1 aliphatic carbocycles. The van der Waals surface area contributed by atoms with Gasteiger partial charge in [0, 0.05) is 6.54 Å². The molecular weight excluding hydrogens is 215 g/mol. The van der Waals surface area contributed by atoms with Crippen molar-refractivity contribution in [2.45, 2.75) is 24.9 Å². The monoisotopic (exact) mass is 229 g/mol. The molecule has 2 N–H and O–H groups in total. The lowest BCUT2D eigenvalue weighted by Crippen LogP contribution is -2.34. The van der Waals surface area contributed by atoms with Crippen LogP contribution in [0.1, 0.15) is 23.5 Å². The molecule has 2 unspecified atom stereocenters. The van der Waals surface area contributed by atoms with Crippen LogP contribution in [0.25, 0.3) is 0 Å². The molecule has 0 saturated carbocycles. The molecule has 0 radical (unpaired) electrons. The third-order valence-electron chi connectivity index (χ3n) is 3.34. The van der Waals surface area contributed by atoms with Crippen LogP contribution in [0.4, 0.5) is 13.2 Å². The number of hydrogen-bond donors (Lipinski definition) is 1. The number of nitrogens with two attached hydrogens (primary N) is 1. The number of hydrogen-bond acceptors (Lipinski definition) is 1. The Bertz CT molecular complexity index is 373. The lowest BCUT2D eigenvalue weighted by atomic mass is 9.87. The Balaban J connectivity index is 2.30. The number of aryl methyl sites for hydroxylation is 1. The van der Waals surface area contributed by atoms with Crippen LogP contribution in [0.2, 0.25) is 0 Å². The summed E-state index contributed by atoms with van der Waals surface area (Å²) in [6, 6.07) is 7.36. The second-order valence-electron chi connectivity index (χ2n) is 4.23. The van der Waals surface area contributed by atoms with Crippen LogP contribution in [-0.2, 0) is 6.42 Å². The van der Waals surface area contributed by atoms with Gasteiger partial charge in [0.15, 0.2) is 0 Å². The van der Waals surface area contributed by atoms with Crippen molar-refractivity contribution in [3.63, 3.8) is 0 Å². The summed E-state index contributed by atoms with van der Waals surface area (Å²) in [5.74, 6) is -1.86. The van der Waals surface area contributed by atoms with Gasteiger partial charge in [0.05, 0.1) is 5.92 Å². The minimum atomic E-state index is -4.20. The van der Waals surface area contributed by atoms with Gasteiger partial charge in [-0.15, -0.1) is 0 Å². The number of fused-ring (bicyclic) bond motifs is 1. The Morgan fingerprint density at radius 3 is 2.62 bits per heavy atom. The summed E-state index contributed by atoms with van der Waals surface area (Å²) in [6.07, 6.45) is -2.91.